The largest absolute Gasteiger partial charge is 0.368 e. The summed E-state index contributed by atoms with van der Waals surface area (Å²) in [4.78, 5) is 16.9. The Morgan fingerprint density at radius 2 is 1.62 bits per heavy atom. The van der Waals surface area contributed by atoms with Crippen LogP contribution in [0.1, 0.15) is 10.5 Å². The zero-order valence-electron chi connectivity index (χ0n) is 14.3. The highest BCUT2D eigenvalue weighted by Crippen LogP contribution is 2.21. The lowest BCUT2D eigenvalue weighted by atomic mass is 10.2. The number of halogens is 1. The van der Waals surface area contributed by atoms with E-state index in [4.69, 9.17) is 11.6 Å². The van der Waals surface area contributed by atoms with Gasteiger partial charge in [-0.1, -0.05) is 35.9 Å². The Morgan fingerprint density at radius 3 is 2.35 bits per heavy atom. The van der Waals surface area contributed by atoms with Crippen LogP contribution in [0.4, 0.5) is 5.69 Å². The zero-order chi connectivity index (χ0) is 17.9. The number of rotatable bonds is 3. The number of benzene rings is 2. The third-order valence-electron chi connectivity index (χ3n) is 4.57. The predicted octanol–water partition coefficient (Wildman–Crippen LogP) is 3.49. The lowest BCUT2D eigenvalue weighted by Crippen LogP contribution is -2.48. The van der Waals surface area contributed by atoms with Crippen LogP contribution in [-0.4, -0.2) is 46.8 Å². The number of carbonyl (C=O) groups is 1. The standard InChI is InChI=1S/C20H19ClN4O/c21-16-5-4-8-18(15-16)23-11-13-24(14-12-23)20(26)19-9-10-25(22-19)17-6-2-1-3-7-17/h1-10,15H,11-14H2. The highest BCUT2D eigenvalue weighted by Gasteiger charge is 2.24. The van der Waals surface area contributed by atoms with Crippen LogP contribution in [0.25, 0.3) is 5.69 Å². The van der Waals surface area contributed by atoms with Gasteiger partial charge in [0.2, 0.25) is 0 Å². The van der Waals surface area contributed by atoms with E-state index in [1.807, 2.05) is 65.7 Å². The van der Waals surface area contributed by atoms with Gasteiger partial charge in [0.1, 0.15) is 0 Å². The molecular formula is C20H19ClN4O. The second kappa shape index (κ2) is 7.22. The molecule has 0 atom stereocenters. The molecule has 0 aliphatic carbocycles. The summed E-state index contributed by atoms with van der Waals surface area (Å²) in [6.45, 7) is 2.91. The van der Waals surface area contributed by atoms with Crippen molar-refractivity contribution in [2.24, 2.45) is 0 Å². The summed E-state index contributed by atoms with van der Waals surface area (Å²) in [7, 11) is 0. The number of amides is 1. The number of carbonyl (C=O) groups excluding carboxylic acids is 1. The van der Waals surface area contributed by atoms with E-state index < -0.39 is 0 Å². The Labute approximate surface area is 157 Å². The molecule has 1 fully saturated rings. The lowest BCUT2D eigenvalue weighted by Gasteiger charge is -2.35. The average molecular weight is 367 g/mol. The fourth-order valence-electron chi connectivity index (χ4n) is 3.17. The van der Waals surface area contributed by atoms with E-state index in [9.17, 15) is 4.79 Å². The smallest absolute Gasteiger partial charge is 0.274 e. The molecule has 0 spiro atoms. The van der Waals surface area contributed by atoms with Crippen molar-refractivity contribution in [3.63, 3.8) is 0 Å². The number of hydrogen-bond acceptors (Lipinski definition) is 3. The summed E-state index contributed by atoms with van der Waals surface area (Å²) in [6, 6.07) is 19.4. The fraction of sp³-hybridized carbons (Fsp3) is 0.200. The van der Waals surface area contributed by atoms with Crippen molar-refractivity contribution in [1.29, 1.82) is 0 Å². The number of para-hydroxylation sites is 1. The highest BCUT2D eigenvalue weighted by atomic mass is 35.5. The lowest BCUT2D eigenvalue weighted by molar-refractivity contribution is 0.0740. The molecule has 1 amide bonds. The molecule has 1 aliphatic heterocycles. The van der Waals surface area contributed by atoms with Gasteiger partial charge in [-0.15, -0.1) is 0 Å². The number of anilines is 1. The van der Waals surface area contributed by atoms with E-state index >= 15 is 0 Å². The van der Waals surface area contributed by atoms with Crippen molar-refractivity contribution in [3.05, 3.63) is 77.6 Å². The van der Waals surface area contributed by atoms with Gasteiger partial charge < -0.3 is 9.80 Å². The van der Waals surface area contributed by atoms with E-state index in [2.05, 4.69) is 10.00 Å². The molecule has 1 aromatic heterocycles. The Morgan fingerprint density at radius 1 is 0.885 bits per heavy atom. The second-order valence-corrected chi connectivity index (χ2v) is 6.68. The summed E-state index contributed by atoms with van der Waals surface area (Å²) >= 11 is 6.07. The van der Waals surface area contributed by atoms with Gasteiger partial charge in [0.05, 0.1) is 5.69 Å². The number of nitrogens with zero attached hydrogens (tertiary/aromatic N) is 4. The first-order chi connectivity index (χ1) is 12.7. The van der Waals surface area contributed by atoms with E-state index in [-0.39, 0.29) is 5.91 Å². The van der Waals surface area contributed by atoms with Crippen molar-refractivity contribution in [2.45, 2.75) is 0 Å². The van der Waals surface area contributed by atoms with Gasteiger partial charge in [0, 0.05) is 43.1 Å². The topological polar surface area (TPSA) is 41.4 Å². The van der Waals surface area contributed by atoms with Gasteiger partial charge in [-0.05, 0) is 36.4 Å². The van der Waals surface area contributed by atoms with Crippen LogP contribution in [0.15, 0.2) is 66.9 Å². The van der Waals surface area contributed by atoms with Crippen molar-refractivity contribution in [3.8, 4) is 5.69 Å². The molecule has 0 radical (unpaired) electrons. The first-order valence-electron chi connectivity index (χ1n) is 8.61. The maximum Gasteiger partial charge on any atom is 0.274 e. The van der Waals surface area contributed by atoms with Crippen LogP contribution < -0.4 is 4.90 Å². The molecule has 1 aliphatic rings. The van der Waals surface area contributed by atoms with Gasteiger partial charge >= 0.3 is 0 Å². The molecule has 132 valence electrons. The highest BCUT2D eigenvalue weighted by molar-refractivity contribution is 6.30. The molecule has 0 saturated carbocycles. The summed E-state index contributed by atoms with van der Waals surface area (Å²) in [5.74, 6) is -0.0228. The van der Waals surface area contributed by atoms with E-state index in [0.717, 1.165) is 29.5 Å². The molecule has 0 N–H and O–H groups in total. The van der Waals surface area contributed by atoms with Gasteiger partial charge in [-0.3, -0.25) is 4.79 Å². The van der Waals surface area contributed by atoms with Gasteiger partial charge in [-0.2, -0.15) is 5.10 Å². The average Bonchev–Trinajstić information content (AvgIpc) is 3.18. The predicted molar refractivity (Wildman–Crippen MR) is 103 cm³/mol. The number of aromatic nitrogens is 2. The first-order valence-corrected chi connectivity index (χ1v) is 8.99. The van der Waals surface area contributed by atoms with Crippen molar-refractivity contribution < 1.29 is 4.79 Å². The molecule has 6 heteroatoms. The fourth-order valence-corrected chi connectivity index (χ4v) is 3.35. The van der Waals surface area contributed by atoms with Crippen LogP contribution in [0.2, 0.25) is 5.02 Å². The first kappa shape index (κ1) is 16.7. The van der Waals surface area contributed by atoms with Crippen LogP contribution in [0, 0.1) is 0 Å². The monoisotopic (exact) mass is 366 g/mol. The molecule has 5 nitrogen and oxygen atoms in total. The Bertz CT molecular complexity index is 901. The molecule has 2 aromatic carbocycles. The van der Waals surface area contributed by atoms with Gasteiger partial charge in [0.25, 0.3) is 5.91 Å². The summed E-state index contributed by atoms with van der Waals surface area (Å²) < 4.78 is 1.73. The minimum Gasteiger partial charge on any atom is -0.368 e. The minimum absolute atomic E-state index is 0.0228. The number of hydrogen-bond donors (Lipinski definition) is 0. The van der Waals surface area contributed by atoms with E-state index in [1.54, 1.807) is 10.7 Å². The van der Waals surface area contributed by atoms with Crippen molar-refractivity contribution in [1.82, 2.24) is 14.7 Å². The van der Waals surface area contributed by atoms with Crippen molar-refractivity contribution >= 4 is 23.2 Å². The maximum atomic E-state index is 12.8. The molecule has 3 aromatic rings. The third-order valence-corrected chi connectivity index (χ3v) is 4.80. The van der Waals surface area contributed by atoms with Gasteiger partial charge in [0.15, 0.2) is 5.69 Å². The van der Waals surface area contributed by atoms with Crippen molar-refractivity contribution in [2.75, 3.05) is 31.1 Å². The summed E-state index contributed by atoms with van der Waals surface area (Å²) in [6.07, 6.45) is 1.82. The Balaban J connectivity index is 1.42. The Kier molecular flexibility index (Phi) is 4.63. The molecule has 1 saturated heterocycles. The molecule has 2 heterocycles. The van der Waals surface area contributed by atoms with E-state index in [0.29, 0.717) is 18.8 Å². The summed E-state index contributed by atoms with van der Waals surface area (Å²) in [5.41, 5.74) is 2.51. The quantitative estimate of drug-likeness (QED) is 0.712. The summed E-state index contributed by atoms with van der Waals surface area (Å²) in [5, 5.41) is 5.17. The second-order valence-electron chi connectivity index (χ2n) is 6.24. The molecular weight excluding hydrogens is 348 g/mol. The van der Waals surface area contributed by atoms with Crippen LogP contribution in [0.5, 0.6) is 0 Å². The van der Waals surface area contributed by atoms with E-state index in [1.165, 1.54) is 0 Å². The maximum absolute atomic E-state index is 12.8. The zero-order valence-corrected chi connectivity index (χ0v) is 15.0. The van der Waals surface area contributed by atoms with Gasteiger partial charge in [-0.25, -0.2) is 4.68 Å². The molecule has 26 heavy (non-hydrogen) atoms. The van der Waals surface area contributed by atoms with Crippen LogP contribution in [-0.2, 0) is 0 Å². The number of piperazine rings is 1. The van der Waals surface area contributed by atoms with Crippen LogP contribution in [0.3, 0.4) is 0 Å². The molecule has 0 unspecified atom stereocenters. The van der Waals surface area contributed by atoms with Crippen LogP contribution >= 0.6 is 11.6 Å². The Hall–Kier alpha value is -2.79. The SMILES string of the molecule is O=C(c1ccn(-c2ccccc2)n1)N1CCN(c2cccc(Cl)c2)CC1. The third kappa shape index (κ3) is 3.44. The minimum atomic E-state index is -0.0228. The normalized spacial score (nSPS) is 14.5. The molecule has 0 bridgehead atoms. The molecule has 4 rings (SSSR count).